The van der Waals surface area contributed by atoms with Crippen LogP contribution in [0.15, 0.2) is 66.0 Å². The third-order valence-electron chi connectivity index (χ3n) is 5.75. The van der Waals surface area contributed by atoms with E-state index in [4.69, 9.17) is 0 Å². The molecule has 2 heterocycles. The number of aryl methyl sites for hydroxylation is 1. The fourth-order valence-electron chi connectivity index (χ4n) is 3.96. The summed E-state index contributed by atoms with van der Waals surface area (Å²) in [4.78, 5) is 28.4. The number of nitrogens with one attached hydrogen (secondary N) is 2. The molecule has 0 unspecified atom stereocenters. The van der Waals surface area contributed by atoms with Gasteiger partial charge in [-0.05, 0) is 53.1 Å². The zero-order valence-electron chi connectivity index (χ0n) is 17.6. The number of carbonyl (C=O) groups excluding carboxylic acids is 2. The normalized spacial score (nSPS) is 14.5. The van der Waals surface area contributed by atoms with E-state index < -0.39 is 11.8 Å². The van der Waals surface area contributed by atoms with Crippen LogP contribution >= 0.6 is 11.3 Å². The van der Waals surface area contributed by atoms with Crippen LogP contribution in [0.25, 0.3) is 0 Å². The number of anilines is 1. The van der Waals surface area contributed by atoms with Crippen molar-refractivity contribution in [3.8, 4) is 0 Å². The summed E-state index contributed by atoms with van der Waals surface area (Å²) in [5, 5.41) is 7.58. The van der Waals surface area contributed by atoms with Crippen molar-refractivity contribution < 1.29 is 9.59 Å². The number of hydrogen-bond acceptors (Lipinski definition) is 4. The minimum absolute atomic E-state index is 0.0361. The molecule has 0 saturated heterocycles. The predicted octanol–water partition coefficient (Wildman–Crippen LogP) is 4.16. The number of hydrogen-bond donors (Lipinski definition) is 2. The summed E-state index contributed by atoms with van der Waals surface area (Å²) in [7, 11) is 0. The Balaban J connectivity index is 1.39. The summed E-state index contributed by atoms with van der Waals surface area (Å²) in [6, 6.07) is 20.2. The molecule has 2 amide bonds. The maximum Gasteiger partial charge on any atom is 0.313 e. The van der Waals surface area contributed by atoms with E-state index in [9.17, 15) is 9.59 Å². The molecule has 31 heavy (non-hydrogen) atoms. The Morgan fingerprint density at radius 2 is 1.77 bits per heavy atom. The number of rotatable bonds is 6. The number of fused-ring (bicyclic) bond motifs is 1. The van der Waals surface area contributed by atoms with E-state index in [2.05, 4.69) is 58.2 Å². The molecule has 0 spiro atoms. The standard InChI is InChI=1S/C25H27N3O2S/c1-2-18-9-11-21(12-10-18)27-25(30)24(29)26-16-22(23-8-5-15-31-23)28-14-13-19-6-3-4-7-20(19)17-28/h3-12,15,22H,2,13-14,16-17H2,1H3,(H,26,29)(H,27,30)/t22-/m1/s1. The highest BCUT2D eigenvalue weighted by atomic mass is 32.1. The quantitative estimate of drug-likeness (QED) is 0.574. The van der Waals surface area contributed by atoms with Crippen LogP contribution in [0.4, 0.5) is 5.69 Å². The zero-order chi connectivity index (χ0) is 21.6. The van der Waals surface area contributed by atoms with Gasteiger partial charge in [-0.3, -0.25) is 14.5 Å². The van der Waals surface area contributed by atoms with Crippen molar-refractivity contribution >= 4 is 28.8 Å². The molecule has 1 aromatic heterocycles. The highest BCUT2D eigenvalue weighted by molar-refractivity contribution is 7.10. The van der Waals surface area contributed by atoms with Crippen molar-refractivity contribution in [1.82, 2.24) is 10.2 Å². The molecule has 1 aliphatic heterocycles. The van der Waals surface area contributed by atoms with E-state index in [0.717, 1.165) is 25.9 Å². The van der Waals surface area contributed by atoms with Crippen LogP contribution in [-0.2, 0) is 29.0 Å². The second kappa shape index (κ2) is 9.90. The molecule has 0 saturated carbocycles. The van der Waals surface area contributed by atoms with E-state index in [-0.39, 0.29) is 6.04 Å². The molecular weight excluding hydrogens is 406 g/mol. The monoisotopic (exact) mass is 433 g/mol. The van der Waals surface area contributed by atoms with Crippen LogP contribution in [0.2, 0.25) is 0 Å². The Morgan fingerprint density at radius 3 is 2.48 bits per heavy atom. The molecule has 4 rings (SSSR count). The first-order valence-corrected chi connectivity index (χ1v) is 11.5. The first-order chi connectivity index (χ1) is 15.1. The van der Waals surface area contributed by atoms with E-state index >= 15 is 0 Å². The van der Waals surface area contributed by atoms with E-state index in [1.54, 1.807) is 11.3 Å². The summed E-state index contributed by atoms with van der Waals surface area (Å²) >= 11 is 1.68. The molecule has 0 fully saturated rings. The van der Waals surface area contributed by atoms with Crippen molar-refractivity contribution in [2.45, 2.75) is 32.4 Å². The zero-order valence-corrected chi connectivity index (χ0v) is 18.5. The Hall–Kier alpha value is -2.96. The van der Waals surface area contributed by atoms with Crippen LogP contribution in [0, 0.1) is 0 Å². The van der Waals surface area contributed by atoms with Gasteiger partial charge in [0.25, 0.3) is 0 Å². The molecule has 0 aliphatic carbocycles. The molecule has 0 bridgehead atoms. The maximum absolute atomic E-state index is 12.5. The van der Waals surface area contributed by atoms with Gasteiger partial charge in [-0.15, -0.1) is 11.3 Å². The minimum atomic E-state index is -0.641. The molecular formula is C25H27N3O2S. The molecule has 0 radical (unpaired) electrons. The van der Waals surface area contributed by atoms with Gasteiger partial charge in [-0.25, -0.2) is 0 Å². The number of carbonyl (C=O) groups is 2. The minimum Gasteiger partial charge on any atom is -0.346 e. The average Bonchev–Trinajstić information content (AvgIpc) is 3.34. The van der Waals surface area contributed by atoms with Crippen molar-refractivity contribution in [3.05, 3.63) is 87.6 Å². The highest BCUT2D eigenvalue weighted by Crippen LogP contribution is 2.30. The lowest BCUT2D eigenvalue weighted by Gasteiger charge is -2.35. The lowest BCUT2D eigenvalue weighted by atomic mass is 9.98. The number of benzene rings is 2. The van der Waals surface area contributed by atoms with Crippen LogP contribution < -0.4 is 10.6 Å². The van der Waals surface area contributed by atoms with Gasteiger partial charge in [0.05, 0.1) is 6.04 Å². The van der Waals surface area contributed by atoms with Crippen molar-refractivity contribution in [2.75, 3.05) is 18.4 Å². The van der Waals surface area contributed by atoms with Crippen LogP contribution in [-0.4, -0.2) is 29.8 Å². The summed E-state index contributed by atoms with van der Waals surface area (Å²) in [5.74, 6) is -1.25. The fraction of sp³-hybridized carbons (Fsp3) is 0.280. The molecule has 5 nitrogen and oxygen atoms in total. The van der Waals surface area contributed by atoms with Crippen LogP contribution in [0.5, 0.6) is 0 Å². The summed E-state index contributed by atoms with van der Waals surface area (Å²) < 4.78 is 0. The number of amides is 2. The third-order valence-corrected chi connectivity index (χ3v) is 6.73. The van der Waals surface area contributed by atoms with Crippen LogP contribution in [0.3, 0.4) is 0 Å². The summed E-state index contributed by atoms with van der Waals surface area (Å²) in [5.41, 5.74) is 4.53. The Morgan fingerprint density at radius 1 is 1.00 bits per heavy atom. The lowest BCUT2D eigenvalue weighted by molar-refractivity contribution is -0.136. The van der Waals surface area contributed by atoms with Crippen molar-refractivity contribution in [2.24, 2.45) is 0 Å². The largest absolute Gasteiger partial charge is 0.346 e. The Kier molecular flexibility index (Phi) is 6.79. The van der Waals surface area contributed by atoms with Gasteiger partial charge in [0.15, 0.2) is 0 Å². The first kappa shape index (κ1) is 21.3. The van der Waals surface area contributed by atoms with Crippen molar-refractivity contribution in [3.63, 3.8) is 0 Å². The number of thiophene rings is 1. The second-order valence-electron chi connectivity index (χ2n) is 7.74. The average molecular weight is 434 g/mol. The van der Waals surface area contributed by atoms with Gasteiger partial charge in [-0.2, -0.15) is 0 Å². The highest BCUT2D eigenvalue weighted by Gasteiger charge is 2.26. The maximum atomic E-state index is 12.5. The van der Waals surface area contributed by atoms with Gasteiger partial charge in [0.2, 0.25) is 0 Å². The predicted molar refractivity (Wildman–Crippen MR) is 125 cm³/mol. The third kappa shape index (κ3) is 5.21. The van der Waals surface area contributed by atoms with Gasteiger partial charge >= 0.3 is 11.8 Å². The van der Waals surface area contributed by atoms with Crippen LogP contribution in [0.1, 0.15) is 34.5 Å². The van der Waals surface area contributed by atoms with Gasteiger partial charge in [-0.1, -0.05) is 49.4 Å². The summed E-state index contributed by atoms with van der Waals surface area (Å²) in [6.45, 7) is 4.23. The fourth-order valence-corrected chi connectivity index (χ4v) is 4.82. The SMILES string of the molecule is CCc1ccc(NC(=O)C(=O)NC[C@H](c2cccs2)N2CCc3ccccc3C2)cc1. The van der Waals surface area contributed by atoms with E-state index in [1.807, 2.05) is 30.3 Å². The molecule has 6 heteroatoms. The topological polar surface area (TPSA) is 61.4 Å². The summed E-state index contributed by atoms with van der Waals surface area (Å²) in [6.07, 6.45) is 1.92. The Labute approximate surface area is 187 Å². The molecule has 3 aromatic rings. The first-order valence-electron chi connectivity index (χ1n) is 10.7. The molecule has 2 N–H and O–H groups in total. The molecule has 2 aromatic carbocycles. The van der Waals surface area contributed by atoms with Crippen molar-refractivity contribution in [1.29, 1.82) is 0 Å². The molecule has 1 atom stereocenters. The molecule has 160 valence electrons. The smallest absolute Gasteiger partial charge is 0.313 e. The van der Waals surface area contributed by atoms with Gasteiger partial charge in [0.1, 0.15) is 0 Å². The molecule has 1 aliphatic rings. The number of nitrogens with zero attached hydrogens (tertiary/aromatic N) is 1. The van der Waals surface area contributed by atoms with E-state index in [0.29, 0.717) is 12.2 Å². The van der Waals surface area contributed by atoms with Gasteiger partial charge in [0, 0.05) is 30.2 Å². The Bertz CT molecular complexity index is 1030. The lowest BCUT2D eigenvalue weighted by Crippen LogP contribution is -2.43. The van der Waals surface area contributed by atoms with Gasteiger partial charge < -0.3 is 10.6 Å². The second-order valence-corrected chi connectivity index (χ2v) is 8.71. The van der Waals surface area contributed by atoms with E-state index in [1.165, 1.54) is 21.6 Å².